The first-order chi connectivity index (χ1) is 5.63. The Kier molecular flexibility index (Phi) is 4.95. The number of carbonyl (C=O) groups is 1. The topological polar surface area (TPSA) is 37.0 Å². The largest absolute Gasteiger partial charge is 0.361 e. The first-order valence-corrected chi connectivity index (χ1v) is 4.84. The summed E-state index contributed by atoms with van der Waals surface area (Å²) in [6, 6.07) is 0. The zero-order valence-corrected chi connectivity index (χ0v) is 8.35. The van der Waals surface area contributed by atoms with E-state index in [0.29, 0.717) is 12.8 Å². The van der Waals surface area contributed by atoms with Gasteiger partial charge in [-0.15, -0.1) is 0 Å². The smallest absolute Gasteiger partial charge is 0.247 e. The SMILES string of the molecule is CCCCC(CC)(CC)C([O])=O. The molecule has 0 aromatic carbocycles. The summed E-state index contributed by atoms with van der Waals surface area (Å²) in [6.07, 6.45) is 4.17. The molecule has 12 heavy (non-hydrogen) atoms. The molecular weight excluding hydrogens is 152 g/mol. The Morgan fingerprint density at radius 1 is 1.17 bits per heavy atom. The van der Waals surface area contributed by atoms with Gasteiger partial charge in [0.25, 0.3) is 0 Å². The standard InChI is InChI=1S/C10H19O2/c1-4-7-8-10(5-2,6-3)9(11)12/h4-8H2,1-3H3. The summed E-state index contributed by atoms with van der Waals surface area (Å²) in [5, 5.41) is 10.9. The van der Waals surface area contributed by atoms with Gasteiger partial charge in [0.2, 0.25) is 0 Å². The van der Waals surface area contributed by atoms with Gasteiger partial charge in [-0.05, 0) is 19.3 Å². The molecule has 0 heterocycles. The summed E-state index contributed by atoms with van der Waals surface area (Å²) in [6.45, 7) is 5.93. The Hall–Kier alpha value is -0.530. The minimum Gasteiger partial charge on any atom is -0.247 e. The van der Waals surface area contributed by atoms with E-state index >= 15 is 0 Å². The molecule has 0 bridgehead atoms. The molecule has 0 atom stereocenters. The van der Waals surface area contributed by atoms with Crippen LogP contribution in [0.1, 0.15) is 52.9 Å². The van der Waals surface area contributed by atoms with Crippen LogP contribution in [0.15, 0.2) is 0 Å². The molecular formula is C10H19O2. The minimum absolute atomic E-state index is 0.560. The third-order valence-electron chi connectivity index (χ3n) is 2.80. The fourth-order valence-electron chi connectivity index (χ4n) is 1.51. The van der Waals surface area contributed by atoms with E-state index in [4.69, 9.17) is 0 Å². The number of hydrogen-bond acceptors (Lipinski definition) is 1. The molecule has 0 spiro atoms. The van der Waals surface area contributed by atoms with Crippen LogP contribution in [-0.2, 0) is 9.90 Å². The average Bonchev–Trinajstić information content (AvgIpc) is 2.07. The molecule has 0 rings (SSSR count). The Morgan fingerprint density at radius 3 is 1.92 bits per heavy atom. The van der Waals surface area contributed by atoms with Crippen LogP contribution in [0.4, 0.5) is 0 Å². The summed E-state index contributed by atoms with van der Waals surface area (Å²) in [4.78, 5) is 10.9. The van der Waals surface area contributed by atoms with Crippen molar-refractivity contribution in [1.29, 1.82) is 0 Å². The molecule has 0 saturated heterocycles. The van der Waals surface area contributed by atoms with E-state index in [1.807, 2.05) is 13.8 Å². The van der Waals surface area contributed by atoms with Gasteiger partial charge < -0.3 is 0 Å². The molecule has 1 radical (unpaired) electrons. The first-order valence-electron chi connectivity index (χ1n) is 4.84. The normalized spacial score (nSPS) is 11.6. The highest BCUT2D eigenvalue weighted by Gasteiger charge is 2.35. The molecule has 0 aliphatic rings. The van der Waals surface area contributed by atoms with Crippen molar-refractivity contribution < 1.29 is 9.90 Å². The molecule has 2 nitrogen and oxygen atoms in total. The number of carbonyl (C=O) groups excluding carboxylic acids is 1. The van der Waals surface area contributed by atoms with E-state index in [-0.39, 0.29) is 0 Å². The summed E-state index contributed by atoms with van der Waals surface area (Å²) in [5.41, 5.74) is -0.560. The van der Waals surface area contributed by atoms with Crippen LogP contribution in [0.2, 0.25) is 0 Å². The molecule has 0 N–H and O–H groups in total. The lowest BCUT2D eigenvalue weighted by atomic mass is 9.78. The first kappa shape index (κ1) is 11.5. The maximum absolute atomic E-state index is 10.9. The van der Waals surface area contributed by atoms with E-state index in [0.717, 1.165) is 19.3 Å². The number of hydrogen-bond donors (Lipinski definition) is 0. The summed E-state index contributed by atoms with van der Waals surface area (Å²) < 4.78 is 0. The van der Waals surface area contributed by atoms with Crippen LogP contribution >= 0.6 is 0 Å². The van der Waals surface area contributed by atoms with Crippen molar-refractivity contribution >= 4 is 5.97 Å². The van der Waals surface area contributed by atoms with Crippen LogP contribution < -0.4 is 0 Å². The molecule has 0 fully saturated rings. The quantitative estimate of drug-likeness (QED) is 0.605. The molecule has 0 aliphatic carbocycles. The number of rotatable bonds is 6. The van der Waals surface area contributed by atoms with Gasteiger partial charge in [-0.2, -0.15) is 0 Å². The highest BCUT2D eigenvalue weighted by molar-refractivity contribution is 5.73. The van der Waals surface area contributed by atoms with Gasteiger partial charge in [-0.1, -0.05) is 33.6 Å². The second kappa shape index (κ2) is 5.18. The summed E-state index contributed by atoms with van der Waals surface area (Å²) in [5.74, 6) is -0.874. The second-order valence-electron chi connectivity index (χ2n) is 3.38. The Morgan fingerprint density at radius 2 is 1.67 bits per heavy atom. The van der Waals surface area contributed by atoms with E-state index in [1.165, 1.54) is 0 Å². The van der Waals surface area contributed by atoms with Crippen molar-refractivity contribution in [3.63, 3.8) is 0 Å². The maximum atomic E-state index is 10.9. The monoisotopic (exact) mass is 171 g/mol. The molecule has 0 aliphatic heterocycles. The zero-order chi connectivity index (χ0) is 9.61. The predicted octanol–water partition coefficient (Wildman–Crippen LogP) is 2.94. The van der Waals surface area contributed by atoms with Crippen LogP contribution in [-0.4, -0.2) is 5.97 Å². The maximum Gasteiger partial charge on any atom is 0.361 e. The molecule has 71 valence electrons. The third-order valence-corrected chi connectivity index (χ3v) is 2.80. The van der Waals surface area contributed by atoms with Crippen molar-refractivity contribution in [2.75, 3.05) is 0 Å². The molecule has 2 heteroatoms. The highest BCUT2D eigenvalue weighted by atomic mass is 16.4. The predicted molar refractivity (Wildman–Crippen MR) is 48.2 cm³/mol. The fourth-order valence-corrected chi connectivity index (χ4v) is 1.51. The van der Waals surface area contributed by atoms with Crippen molar-refractivity contribution in [3.05, 3.63) is 0 Å². The van der Waals surface area contributed by atoms with E-state index in [2.05, 4.69) is 6.92 Å². The van der Waals surface area contributed by atoms with Gasteiger partial charge in [-0.3, -0.25) is 0 Å². The van der Waals surface area contributed by atoms with Crippen LogP contribution in [0.25, 0.3) is 0 Å². The van der Waals surface area contributed by atoms with Gasteiger partial charge in [0, 0.05) is 0 Å². The Bertz CT molecular complexity index is 137. The highest BCUT2D eigenvalue weighted by Crippen LogP contribution is 2.32. The van der Waals surface area contributed by atoms with E-state index in [1.54, 1.807) is 0 Å². The summed E-state index contributed by atoms with van der Waals surface area (Å²) in [7, 11) is 0. The molecule has 0 unspecified atom stereocenters. The van der Waals surface area contributed by atoms with Gasteiger partial charge in [0.05, 0.1) is 5.41 Å². The number of unbranched alkanes of at least 4 members (excludes halogenated alkanes) is 1. The fraction of sp³-hybridized carbons (Fsp3) is 0.900. The van der Waals surface area contributed by atoms with E-state index in [9.17, 15) is 9.90 Å². The second-order valence-corrected chi connectivity index (χ2v) is 3.38. The summed E-state index contributed by atoms with van der Waals surface area (Å²) >= 11 is 0. The van der Waals surface area contributed by atoms with Crippen molar-refractivity contribution in [1.82, 2.24) is 0 Å². The third kappa shape index (κ3) is 2.50. The van der Waals surface area contributed by atoms with Crippen LogP contribution in [0.3, 0.4) is 0 Å². The van der Waals surface area contributed by atoms with Gasteiger partial charge in [-0.25, -0.2) is 9.90 Å². The van der Waals surface area contributed by atoms with Crippen molar-refractivity contribution in [2.45, 2.75) is 52.9 Å². The van der Waals surface area contributed by atoms with E-state index < -0.39 is 11.4 Å². The lowest BCUT2D eigenvalue weighted by molar-refractivity contribution is -0.156. The molecule has 0 aromatic heterocycles. The molecule has 0 saturated carbocycles. The van der Waals surface area contributed by atoms with Crippen molar-refractivity contribution in [2.24, 2.45) is 5.41 Å². The van der Waals surface area contributed by atoms with Gasteiger partial charge in [0.15, 0.2) is 0 Å². The Balaban J connectivity index is 4.25. The lowest BCUT2D eigenvalue weighted by Crippen LogP contribution is -2.28. The zero-order valence-electron chi connectivity index (χ0n) is 8.35. The molecule has 0 aromatic rings. The van der Waals surface area contributed by atoms with Gasteiger partial charge >= 0.3 is 5.97 Å². The molecule has 0 amide bonds. The van der Waals surface area contributed by atoms with Crippen LogP contribution in [0.5, 0.6) is 0 Å². The minimum atomic E-state index is -0.874. The average molecular weight is 171 g/mol. The van der Waals surface area contributed by atoms with Crippen LogP contribution in [0, 0.1) is 5.41 Å². The van der Waals surface area contributed by atoms with Crippen molar-refractivity contribution in [3.8, 4) is 0 Å². The Labute approximate surface area is 75.0 Å². The van der Waals surface area contributed by atoms with Gasteiger partial charge in [0.1, 0.15) is 0 Å². The lowest BCUT2D eigenvalue weighted by Gasteiger charge is -2.24.